The van der Waals surface area contributed by atoms with Gasteiger partial charge in [0.05, 0.1) is 11.5 Å². The van der Waals surface area contributed by atoms with E-state index in [1.807, 2.05) is 0 Å². The van der Waals surface area contributed by atoms with Crippen LogP contribution in [0.5, 0.6) is 0 Å². The third-order valence-electron chi connectivity index (χ3n) is 4.09. The highest BCUT2D eigenvalue weighted by atomic mass is 127. The number of halogens is 1. The van der Waals surface area contributed by atoms with Crippen molar-refractivity contribution in [2.24, 2.45) is 10.9 Å². The molecule has 1 aliphatic heterocycles. The maximum atomic E-state index is 11.4. The van der Waals surface area contributed by atoms with Crippen LogP contribution in [0, 0.1) is 5.92 Å². The first-order chi connectivity index (χ1) is 10.0. The summed E-state index contributed by atoms with van der Waals surface area (Å²) < 4.78 is 22.7. The Bertz CT molecular complexity index is 411. The predicted octanol–water partition coefficient (Wildman–Crippen LogP) is 0.936. The molecule has 2 N–H and O–H groups in total. The summed E-state index contributed by atoms with van der Waals surface area (Å²) in [6.45, 7) is 8.26. The van der Waals surface area contributed by atoms with Gasteiger partial charge in [-0.05, 0) is 5.92 Å². The van der Waals surface area contributed by atoms with Gasteiger partial charge in [0.15, 0.2) is 15.8 Å². The van der Waals surface area contributed by atoms with Gasteiger partial charge >= 0.3 is 0 Å². The monoisotopic (exact) mass is 446 g/mol. The van der Waals surface area contributed by atoms with E-state index in [1.54, 1.807) is 7.05 Å². The Balaban J connectivity index is 0.00000441. The van der Waals surface area contributed by atoms with Crippen LogP contribution >= 0.6 is 24.0 Å². The smallest absolute Gasteiger partial charge is 0.191 e. The summed E-state index contributed by atoms with van der Waals surface area (Å²) in [6, 6.07) is 0. The van der Waals surface area contributed by atoms with Gasteiger partial charge in [-0.1, -0.05) is 26.7 Å². The molecule has 0 atom stereocenters. The third-order valence-corrected chi connectivity index (χ3v) is 5.70. The van der Waals surface area contributed by atoms with Gasteiger partial charge in [0.25, 0.3) is 0 Å². The van der Waals surface area contributed by atoms with E-state index < -0.39 is 9.84 Å². The summed E-state index contributed by atoms with van der Waals surface area (Å²) in [4.78, 5) is 6.40. The molecule has 0 spiro atoms. The Labute approximate surface area is 152 Å². The van der Waals surface area contributed by atoms with Crippen molar-refractivity contribution >= 4 is 39.8 Å². The van der Waals surface area contributed by atoms with Crippen LogP contribution in [-0.2, 0) is 9.84 Å². The number of rotatable bonds is 7. The van der Waals surface area contributed by atoms with Gasteiger partial charge < -0.3 is 10.6 Å². The van der Waals surface area contributed by atoms with Crippen molar-refractivity contribution in [1.82, 2.24) is 15.5 Å². The molecule has 0 unspecified atom stereocenters. The number of hydrogen-bond donors (Lipinski definition) is 2. The first kappa shape index (κ1) is 21.9. The number of aliphatic imine (C=N–C) groups is 1. The molecule has 0 radical (unpaired) electrons. The van der Waals surface area contributed by atoms with Crippen molar-refractivity contribution in [2.75, 3.05) is 51.3 Å². The molecule has 8 heteroatoms. The maximum absolute atomic E-state index is 11.4. The van der Waals surface area contributed by atoms with Gasteiger partial charge in [-0.25, -0.2) is 8.42 Å². The van der Waals surface area contributed by atoms with Crippen LogP contribution in [0.3, 0.4) is 0 Å². The zero-order valence-corrected chi connectivity index (χ0v) is 17.1. The summed E-state index contributed by atoms with van der Waals surface area (Å²) >= 11 is 0. The van der Waals surface area contributed by atoms with Gasteiger partial charge in [-0.15, -0.1) is 24.0 Å². The van der Waals surface area contributed by atoms with Crippen LogP contribution in [0.25, 0.3) is 0 Å². The van der Waals surface area contributed by atoms with Crippen molar-refractivity contribution < 1.29 is 8.42 Å². The van der Waals surface area contributed by atoms with Gasteiger partial charge in [0.1, 0.15) is 0 Å². The standard InChI is InChI=1S/C14H30N4O2S.HI/c1-4-13(5-2)12-17-14(15-3)16-6-7-18-8-10-21(19,20)11-9-18;/h13H,4-12H2,1-3H3,(H2,15,16,17);1H. The van der Waals surface area contributed by atoms with Crippen LogP contribution in [0.15, 0.2) is 4.99 Å². The minimum Gasteiger partial charge on any atom is -0.356 e. The first-order valence-corrected chi connectivity index (χ1v) is 9.70. The van der Waals surface area contributed by atoms with E-state index in [2.05, 4.69) is 34.4 Å². The highest BCUT2D eigenvalue weighted by molar-refractivity contribution is 14.0. The Morgan fingerprint density at radius 1 is 1.18 bits per heavy atom. The molecule has 22 heavy (non-hydrogen) atoms. The minimum absolute atomic E-state index is 0. The normalized spacial score (nSPS) is 18.8. The van der Waals surface area contributed by atoms with E-state index in [4.69, 9.17) is 0 Å². The van der Waals surface area contributed by atoms with Crippen LogP contribution in [0.1, 0.15) is 26.7 Å². The molecule has 1 aliphatic rings. The molecule has 132 valence electrons. The van der Waals surface area contributed by atoms with Crippen LogP contribution in [-0.4, -0.2) is 70.6 Å². The van der Waals surface area contributed by atoms with E-state index >= 15 is 0 Å². The number of nitrogens with zero attached hydrogens (tertiary/aromatic N) is 2. The Morgan fingerprint density at radius 2 is 1.77 bits per heavy atom. The highest BCUT2D eigenvalue weighted by Crippen LogP contribution is 2.05. The van der Waals surface area contributed by atoms with Crippen LogP contribution in [0.2, 0.25) is 0 Å². The molecule has 0 aromatic rings. The molecule has 0 aromatic heterocycles. The number of hydrogen-bond acceptors (Lipinski definition) is 4. The SMILES string of the molecule is CCC(CC)CNC(=NC)NCCN1CCS(=O)(=O)CC1.I. The molecule has 0 saturated carbocycles. The summed E-state index contributed by atoms with van der Waals surface area (Å²) in [6.07, 6.45) is 2.34. The molecule has 1 heterocycles. The summed E-state index contributed by atoms with van der Waals surface area (Å²) in [5.74, 6) is 2.07. The van der Waals surface area contributed by atoms with Gasteiger partial charge in [0, 0.05) is 39.8 Å². The molecule has 6 nitrogen and oxygen atoms in total. The highest BCUT2D eigenvalue weighted by Gasteiger charge is 2.20. The zero-order chi connectivity index (χ0) is 15.7. The molecule has 0 aromatic carbocycles. The fraction of sp³-hybridized carbons (Fsp3) is 0.929. The fourth-order valence-corrected chi connectivity index (χ4v) is 3.62. The molecule has 0 bridgehead atoms. The second kappa shape index (κ2) is 11.4. The second-order valence-corrected chi connectivity index (χ2v) is 7.86. The number of guanidine groups is 1. The van der Waals surface area contributed by atoms with E-state index in [0.717, 1.165) is 25.6 Å². The first-order valence-electron chi connectivity index (χ1n) is 7.88. The Hall–Kier alpha value is -0.0900. The maximum Gasteiger partial charge on any atom is 0.191 e. The minimum atomic E-state index is -2.78. The molecular formula is C14H31IN4O2S. The van der Waals surface area contributed by atoms with E-state index in [0.29, 0.717) is 19.0 Å². The molecule has 1 fully saturated rings. The van der Waals surface area contributed by atoms with Gasteiger partial charge in [-0.2, -0.15) is 0 Å². The van der Waals surface area contributed by atoms with E-state index in [1.165, 1.54) is 12.8 Å². The number of nitrogens with one attached hydrogen (secondary N) is 2. The van der Waals surface area contributed by atoms with Crippen molar-refractivity contribution in [3.05, 3.63) is 0 Å². The van der Waals surface area contributed by atoms with Crippen molar-refractivity contribution in [2.45, 2.75) is 26.7 Å². The summed E-state index contributed by atoms with van der Waals surface area (Å²) in [7, 11) is -1.01. The fourth-order valence-electron chi connectivity index (χ4n) is 2.35. The molecule has 1 saturated heterocycles. The average molecular weight is 446 g/mol. The van der Waals surface area contributed by atoms with E-state index in [-0.39, 0.29) is 35.5 Å². The lowest BCUT2D eigenvalue weighted by Crippen LogP contribution is -2.46. The lowest BCUT2D eigenvalue weighted by atomic mass is 10.0. The second-order valence-electron chi connectivity index (χ2n) is 5.56. The van der Waals surface area contributed by atoms with Crippen molar-refractivity contribution in [1.29, 1.82) is 0 Å². The lowest BCUT2D eigenvalue weighted by Gasteiger charge is -2.26. The molecule has 0 amide bonds. The van der Waals surface area contributed by atoms with Crippen molar-refractivity contribution in [3.8, 4) is 0 Å². The average Bonchev–Trinajstić information content (AvgIpc) is 2.48. The third kappa shape index (κ3) is 8.52. The van der Waals surface area contributed by atoms with Crippen LogP contribution < -0.4 is 10.6 Å². The number of sulfone groups is 1. The molecular weight excluding hydrogens is 415 g/mol. The van der Waals surface area contributed by atoms with Crippen LogP contribution in [0.4, 0.5) is 0 Å². The van der Waals surface area contributed by atoms with Crippen molar-refractivity contribution in [3.63, 3.8) is 0 Å². The Kier molecular flexibility index (Phi) is 11.4. The lowest BCUT2D eigenvalue weighted by molar-refractivity contribution is 0.299. The Morgan fingerprint density at radius 3 is 2.27 bits per heavy atom. The zero-order valence-electron chi connectivity index (χ0n) is 14.0. The molecule has 1 rings (SSSR count). The van der Waals surface area contributed by atoms with Gasteiger partial charge in [0.2, 0.25) is 0 Å². The topological polar surface area (TPSA) is 73.8 Å². The van der Waals surface area contributed by atoms with E-state index in [9.17, 15) is 8.42 Å². The largest absolute Gasteiger partial charge is 0.356 e. The van der Waals surface area contributed by atoms with Gasteiger partial charge in [-0.3, -0.25) is 9.89 Å². The summed E-state index contributed by atoms with van der Waals surface area (Å²) in [5.41, 5.74) is 0. The summed E-state index contributed by atoms with van der Waals surface area (Å²) in [5, 5.41) is 6.64. The predicted molar refractivity (Wildman–Crippen MR) is 104 cm³/mol. The quantitative estimate of drug-likeness (QED) is 0.346. The molecule has 0 aliphatic carbocycles.